The summed E-state index contributed by atoms with van der Waals surface area (Å²) in [5.41, 5.74) is -1.41. The van der Waals surface area contributed by atoms with Gasteiger partial charge < -0.3 is 19.7 Å². The number of rotatable bonds is 10. The first-order valence-electron chi connectivity index (χ1n) is 7.89. The molecule has 0 heterocycles. The molecule has 1 aromatic carbocycles. The van der Waals surface area contributed by atoms with Gasteiger partial charge in [-0.3, -0.25) is 4.79 Å². The third-order valence-corrected chi connectivity index (χ3v) is 3.85. The molecule has 0 amide bonds. The first-order valence-corrected chi connectivity index (χ1v) is 7.89. The molecule has 0 radical (unpaired) electrons. The summed E-state index contributed by atoms with van der Waals surface area (Å²) in [6.45, 7) is 4.30. The van der Waals surface area contributed by atoms with Gasteiger partial charge in [0, 0.05) is 0 Å². The predicted molar refractivity (Wildman–Crippen MR) is 88.4 cm³/mol. The maximum Gasteiger partial charge on any atom is 0.338 e. The Morgan fingerprint density at radius 2 is 1.75 bits per heavy atom. The van der Waals surface area contributed by atoms with Crippen LogP contribution >= 0.6 is 0 Å². The smallest absolute Gasteiger partial charge is 0.338 e. The molecule has 0 bridgehead atoms. The van der Waals surface area contributed by atoms with Crippen molar-refractivity contribution < 1.29 is 29.3 Å². The zero-order valence-corrected chi connectivity index (χ0v) is 14.4. The van der Waals surface area contributed by atoms with Gasteiger partial charge in [-0.25, -0.2) is 4.79 Å². The van der Waals surface area contributed by atoms with E-state index in [1.807, 2.05) is 44.2 Å². The lowest BCUT2D eigenvalue weighted by Crippen LogP contribution is -2.42. The summed E-state index contributed by atoms with van der Waals surface area (Å²) < 4.78 is 10.4. The highest BCUT2D eigenvalue weighted by Gasteiger charge is 2.39. The minimum atomic E-state index is -2.00. The van der Waals surface area contributed by atoms with E-state index in [-0.39, 0.29) is 6.42 Å². The number of methoxy groups -OCH3 is 1. The first kappa shape index (κ1) is 20.1. The van der Waals surface area contributed by atoms with Crippen LogP contribution in [0.2, 0.25) is 0 Å². The van der Waals surface area contributed by atoms with Crippen molar-refractivity contribution in [2.45, 2.75) is 57.3 Å². The fourth-order valence-electron chi connectivity index (χ4n) is 2.43. The molecular formula is C18H26O6. The van der Waals surface area contributed by atoms with Gasteiger partial charge in [0.25, 0.3) is 0 Å². The van der Waals surface area contributed by atoms with Crippen LogP contribution < -0.4 is 0 Å². The third kappa shape index (κ3) is 6.68. The van der Waals surface area contributed by atoms with E-state index < -0.39 is 29.6 Å². The third-order valence-electron chi connectivity index (χ3n) is 3.85. The number of esters is 1. The quantitative estimate of drug-likeness (QED) is 0.637. The summed E-state index contributed by atoms with van der Waals surface area (Å²) in [5.74, 6) is -2.17. The average Bonchev–Trinajstić information content (AvgIpc) is 2.52. The molecule has 1 aromatic rings. The zero-order valence-electron chi connectivity index (χ0n) is 14.4. The van der Waals surface area contributed by atoms with Crippen LogP contribution in [0.1, 0.15) is 45.1 Å². The van der Waals surface area contributed by atoms with Gasteiger partial charge in [0.1, 0.15) is 0 Å². The second kappa shape index (κ2) is 8.80. The van der Waals surface area contributed by atoms with E-state index in [4.69, 9.17) is 9.84 Å². The normalized spacial score (nSPS) is 14.0. The molecule has 0 saturated carbocycles. The molecule has 6 nitrogen and oxygen atoms in total. The Morgan fingerprint density at radius 1 is 1.12 bits per heavy atom. The summed E-state index contributed by atoms with van der Waals surface area (Å²) in [6, 6.07) is 9.75. The van der Waals surface area contributed by atoms with E-state index in [1.54, 1.807) is 0 Å². The molecule has 0 aliphatic rings. The number of carbonyl (C=O) groups is 2. The molecule has 0 fully saturated rings. The average molecular weight is 338 g/mol. The molecule has 24 heavy (non-hydrogen) atoms. The van der Waals surface area contributed by atoms with E-state index in [9.17, 15) is 14.7 Å². The molecule has 6 heteroatoms. The van der Waals surface area contributed by atoms with Crippen LogP contribution in [0, 0.1) is 0 Å². The SMILES string of the molecule is COC(=O)[C@@](O)(CCCC(C)(C)OCc1ccccc1)CC(=O)O. The second-order valence-corrected chi connectivity index (χ2v) is 6.48. The minimum absolute atomic E-state index is 0.00407. The summed E-state index contributed by atoms with van der Waals surface area (Å²) >= 11 is 0. The molecule has 134 valence electrons. The summed E-state index contributed by atoms with van der Waals surface area (Å²) in [7, 11) is 1.13. The Balaban J connectivity index is 2.52. The number of ether oxygens (including phenoxy) is 2. The molecule has 2 N–H and O–H groups in total. The molecule has 0 spiro atoms. The fraction of sp³-hybridized carbons (Fsp3) is 0.556. The Kier molecular flexibility index (Phi) is 7.38. The second-order valence-electron chi connectivity index (χ2n) is 6.48. The van der Waals surface area contributed by atoms with Crippen LogP contribution in [-0.4, -0.2) is 40.5 Å². The largest absolute Gasteiger partial charge is 0.481 e. The van der Waals surface area contributed by atoms with E-state index in [0.29, 0.717) is 19.4 Å². The van der Waals surface area contributed by atoms with Crippen molar-refractivity contribution >= 4 is 11.9 Å². The summed E-state index contributed by atoms with van der Waals surface area (Å²) in [4.78, 5) is 22.5. The van der Waals surface area contributed by atoms with Crippen molar-refractivity contribution in [2.24, 2.45) is 0 Å². The van der Waals surface area contributed by atoms with Crippen LogP contribution in [0.4, 0.5) is 0 Å². The number of carbonyl (C=O) groups excluding carboxylic acids is 1. The molecule has 0 unspecified atom stereocenters. The lowest BCUT2D eigenvalue weighted by molar-refractivity contribution is -0.169. The van der Waals surface area contributed by atoms with Crippen molar-refractivity contribution in [3.63, 3.8) is 0 Å². The van der Waals surface area contributed by atoms with Crippen molar-refractivity contribution in [3.8, 4) is 0 Å². The highest BCUT2D eigenvalue weighted by molar-refractivity contribution is 5.84. The molecular weight excluding hydrogens is 312 g/mol. The number of hydrogen-bond donors (Lipinski definition) is 2. The monoisotopic (exact) mass is 338 g/mol. The number of carboxylic acid groups (broad SMARTS) is 1. The van der Waals surface area contributed by atoms with Crippen LogP contribution in [0.3, 0.4) is 0 Å². The predicted octanol–water partition coefficient (Wildman–Crippen LogP) is 2.53. The molecule has 0 aromatic heterocycles. The highest BCUT2D eigenvalue weighted by Crippen LogP contribution is 2.26. The van der Waals surface area contributed by atoms with Crippen LogP contribution in [0.5, 0.6) is 0 Å². The highest BCUT2D eigenvalue weighted by atomic mass is 16.5. The van der Waals surface area contributed by atoms with Gasteiger partial charge in [0.2, 0.25) is 0 Å². The van der Waals surface area contributed by atoms with Crippen LogP contribution in [0.25, 0.3) is 0 Å². The molecule has 1 atom stereocenters. The Morgan fingerprint density at radius 3 is 2.29 bits per heavy atom. The van der Waals surface area contributed by atoms with Crippen molar-refractivity contribution in [1.29, 1.82) is 0 Å². The number of aliphatic carboxylic acids is 1. The fourth-order valence-corrected chi connectivity index (χ4v) is 2.43. The Labute approximate surface area is 142 Å². The van der Waals surface area contributed by atoms with Crippen molar-refractivity contribution in [3.05, 3.63) is 35.9 Å². The maximum atomic E-state index is 11.7. The molecule has 0 aliphatic carbocycles. The van der Waals surface area contributed by atoms with E-state index in [2.05, 4.69) is 4.74 Å². The van der Waals surface area contributed by atoms with Crippen LogP contribution in [0.15, 0.2) is 30.3 Å². The van der Waals surface area contributed by atoms with Gasteiger partial charge >= 0.3 is 11.9 Å². The van der Waals surface area contributed by atoms with Crippen LogP contribution in [-0.2, 0) is 25.7 Å². The standard InChI is InChI=1S/C18H26O6/c1-17(2,24-13-14-8-5-4-6-9-14)10-7-11-18(22,12-15(19)20)16(21)23-3/h4-6,8-9,22H,7,10-13H2,1-3H3,(H,19,20)/t18-/m1/s1. The number of carboxylic acids is 1. The first-order chi connectivity index (χ1) is 11.2. The maximum absolute atomic E-state index is 11.7. The van der Waals surface area contributed by atoms with E-state index in [1.165, 1.54) is 0 Å². The van der Waals surface area contributed by atoms with Gasteiger partial charge in [-0.05, 0) is 38.7 Å². The molecule has 1 rings (SSSR count). The van der Waals surface area contributed by atoms with Gasteiger partial charge in [0.05, 0.1) is 25.7 Å². The van der Waals surface area contributed by atoms with Gasteiger partial charge in [-0.2, -0.15) is 0 Å². The van der Waals surface area contributed by atoms with Crippen molar-refractivity contribution in [1.82, 2.24) is 0 Å². The van der Waals surface area contributed by atoms with Gasteiger partial charge in [-0.1, -0.05) is 30.3 Å². The molecule has 0 aliphatic heterocycles. The lowest BCUT2D eigenvalue weighted by atomic mass is 9.90. The minimum Gasteiger partial charge on any atom is -0.481 e. The topological polar surface area (TPSA) is 93.1 Å². The zero-order chi connectivity index (χ0) is 18.2. The Hall–Kier alpha value is -1.92. The van der Waals surface area contributed by atoms with Gasteiger partial charge in [-0.15, -0.1) is 0 Å². The number of aliphatic hydroxyl groups is 1. The Bertz CT molecular complexity index is 540. The molecule has 0 saturated heterocycles. The summed E-state index contributed by atoms with van der Waals surface area (Å²) in [6.07, 6.45) is 0.328. The number of hydrogen-bond acceptors (Lipinski definition) is 5. The van der Waals surface area contributed by atoms with Crippen molar-refractivity contribution in [2.75, 3.05) is 7.11 Å². The number of benzene rings is 1. The summed E-state index contributed by atoms with van der Waals surface area (Å²) in [5, 5.41) is 19.1. The van der Waals surface area contributed by atoms with E-state index in [0.717, 1.165) is 12.7 Å². The van der Waals surface area contributed by atoms with Gasteiger partial charge in [0.15, 0.2) is 5.60 Å². The lowest BCUT2D eigenvalue weighted by Gasteiger charge is -2.28. The van der Waals surface area contributed by atoms with E-state index >= 15 is 0 Å².